The minimum atomic E-state index is -3.24. The van der Waals surface area contributed by atoms with Crippen molar-refractivity contribution in [3.63, 3.8) is 0 Å². The summed E-state index contributed by atoms with van der Waals surface area (Å²) in [6.07, 6.45) is 0. The van der Waals surface area contributed by atoms with E-state index in [1.54, 1.807) is 18.2 Å². The van der Waals surface area contributed by atoms with Crippen molar-refractivity contribution in [3.05, 3.63) is 59.2 Å². The van der Waals surface area contributed by atoms with Gasteiger partial charge in [-0.15, -0.1) is 0 Å². The smallest absolute Gasteiger partial charge is 0.158 e. The Kier molecular flexibility index (Phi) is 4.53. The zero-order valence-electron chi connectivity index (χ0n) is 12.2. The molecule has 0 aliphatic carbocycles. The molecule has 0 spiro atoms. The highest BCUT2D eigenvalue weighted by Gasteiger charge is 2.14. The molecule has 0 amide bonds. The van der Waals surface area contributed by atoms with Crippen LogP contribution in [0.25, 0.3) is 0 Å². The van der Waals surface area contributed by atoms with Crippen molar-refractivity contribution < 1.29 is 13.2 Å². The average Bonchev–Trinajstić information content (AvgIpc) is 2.37. The van der Waals surface area contributed by atoms with Crippen LogP contribution in [0.15, 0.2) is 42.5 Å². The molecule has 0 aliphatic heterocycles. The molecule has 0 saturated heterocycles. The number of anilines is 1. The van der Waals surface area contributed by atoms with Crippen LogP contribution in [0.5, 0.6) is 5.75 Å². The third-order valence-electron chi connectivity index (χ3n) is 3.15. The number of ether oxygens (including phenoxy) is 1. The number of hydrogen-bond acceptors (Lipinski definition) is 4. The summed E-state index contributed by atoms with van der Waals surface area (Å²) in [4.78, 5) is 0. The van der Waals surface area contributed by atoms with Crippen LogP contribution in [-0.2, 0) is 21.3 Å². The molecule has 0 fully saturated rings. The van der Waals surface area contributed by atoms with Gasteiger partial charge in [-0.2, -0.15) is 0 Å². The summed E-state index contributed by atoms with van der Waals surface area (Å²) in [5.74, 6) is 0.547. The summed E-state index contributed by atoms with van der Waals surface area (Å²) in [6.45, 7) is 1.94. The molecule has 0 aliphatic rings. The fourth-order valence-corrected chi connectivity index (χ4v) is 3.71. The maximum absolute atomic E-state index is 12.3. The molecule has 0 atom stereocenters. The molecule has 0 saturated carbocycles. The second-order valence-electron chi connectivity index (χ2n) is 5.10. The molecule has 112 valence electrons. The Morgan fingerprint density at radius 1 is 1.05 bits per heavy atom. The zero-order valence-corrected chi connectivity index (χ0v) is 13.0. The largest absolute Gasteiger partial charge is 0.495 e. The van der Waals surface area contributed by atoms with E-state index in [9.17, 15) is 8.42 Å². The average molecular weight is 305 g/mol. The second kappa shape index (κ2) is 6.18. The van der Waals surface area contributed by atoms with E-state index >= 15 is 0 Å². The minimum absolute atomic E-state index is 0.0284. The predicted octanol–water partition coefficient (Wildman–Crippen LogP) is 2.70. The van der Waals surface area contributed by atoms with E-state index in [4.69, 9.17) is 10.5 Å². The van der Waals surface area contributed by atoms with Gasteiger partial charge in [0.05, 0.1) is 24.3 Å². The van der Waals surface area contributed by atoms with Gasteiger partial charge in [-0.3, -0.25) is 0 Å². The van der Waals surface area contributed by atoms with E-state index in [1.165, 1.54) is 7.11 Å². The predicted molar refractivity (Wildman–Crippen MR) is 84.9 cm³/mol. The van der Waals surface area contributed by atoms with E-state index in [2.05, 4.69) is 0 Å². The lowest BCUT2D eigenvalue weighted by atomic mass is 10.2. The molecule has 0 radical (unpaired) electrons. The molecule has 0 aromatic heterocycles. The SMILES string of the molecule is COc1ccc(CS(=O)(=O)Cc2cccc(C)c2)cc1N. The van der Waals surface area contributed by atoms with Gasteiger partial charge in [-0.05, 0) is 30.2 Å². The van der Waals surface area contributed by atoms with Crippen LogP contribution < -0.4 is 10.5 Å². The van der Waals surface area contributed by atoms with Crippen molar-refractivity contribution >= 4 is 15.5 Å². The maximum atomic E-state index is 12.3. The molecule has 0 bridgehead atoms. The van der Waals surface area contributed by atoms with E-state index in [1.807, 2.05) is 31.2 Å². The Bertz CT molecular complexity index is 739. The van der Waals surface area contributed by atoms with E-state index in [0.717, 1.165) is 11.1 Å². The highest BCUT2D eigenvalue weighted by atomic mass is 32.2. The molecule has 5 heteroatoms. The molecule has 0 heterocycles. The van der Waals surface area contributed by atoms with Crippen LogP contribution in [0.3, 0.4) is 0 Å². The van der Waals surface area contributed by atoms with Crippen LogP contribution in [0.2, 0.25) is 0 Å². The van der Waals surface area contributed by atoms with Crippen molar-refractivity contribution in [2.45, 2.75) is 18.4 Å². The first-order chi connectivity index (χ1) is 9.89. The summed E-state index contributed by atoms with van der Waals surface area (Å²) in [6, 6.07) is 12.6. The van der Waals surface area contributed by atoms with Crippen molar-refractivity contribution in [2.24, 2.45) is 0 Å². The zero-order chi connectivity index (χ0) is 15.5. The second-order valence-corrected chi connectivity index (χ2v) is 7.16. The van der Waals surface area contributed by atoms with Crippen LogP contribution in [-0.4, -0.2) is 15.5 Å². The van der Waals surface area contributed by atoms with Crippen LogP contribution in [0, 0.1) is 6.92 Å². The summed E-state index contributed by atoms with van der Waals surface area (Å²) < 4.78 is 29.6. The summed E-state index contributed by atoms with van der Waals surface area (Å²) in [5, 5.41) is 0. The van der Waals surface area contributed by atoms with Gasteiger partial charge in [0.1, 0.15) is 5.75 Å². The molecule has 2 rings (SSSR count). The topological polar surface area (TPSA) is 69.4 Å². The number of benzene rings is 2. The lowest BCUT2D eigenvalue weighted by Gasteiger charge is -2.08. The molecule has 2 aromatic carbocycles. The molecular weight excluding hydrogens is 286 g/mol. The lowest BCUT2D eigenvalue weighted by molar-refractivity contribution is 0.417. The molecule has 21 heavy (non-hydrogen) atoms. The van der Waals surface area contributed by atoms with Gasteiger partial charge in [0.25, 0.3) is 0 Å². The van der Waals surface area contributed by atoms with Crippen molar-refractivity contribution in [1.82, 2.24) is 0 Å². The maximum Gasteiger partial charge on any atom is 0.158 e. The van der Waals surface area contributed by atoms with Crippen LogP contribution in [0.4, 0.5) is 5.69 Å². The summed E-state index contributed by atoms with van der Waals surface area (Å²) >= 11 is 0. The molecule has 0 unspecified atom stereocenters. The number of nitrogens with two attached hydrogens (primary N) is 1. The van der Waals surface area contributed by atoms with Gasteiger partial charge in [0.15, 0.2) is 9.84 Å². The standard InChI is InChI=1S/C16H19NO3S/c1-12-4-3-5-13(8-12)10-21(18,19)11-14-6-7-16(20-2)15(17)9-14/h3-9H,10-11,17H2,1-2H3. The Labute approximate surface area is 125 Å². The van der Waals surface area contributed by atoms with Crippen molar-refractivity contribution in [2.75, 3.05) is 12.8 Å². The van der Waals surface area contributed by atoms with Gasteiger partial charge in [-0.25, -0.2) is 8.42 Å². The van der Waals surface area contributed by atoms with Crippen molar-refractivity contribution in [1.29, 1.82) is 0 Å². The van der Waals surface area contributed by atoms with Crippen LogP contribution in [0.1, 0.15) is 16.7 Å². The normalized spacial score (nSPS) is 11.3. The number of aryl methyl sites for hydroxylation is 1. The summed E-state index contributed by atoms with van der Waals surface area (Å²) in [5.41, 5.74) is 8.77. The monoisotopic (exact) mass is 305 g/mol. The van der Waals surface area contributed by atoms with Gasteiger partial charge in [0.2, 0.25) is 0 Å². The Balaban J connectivity index is 2.16. The molecular formula is C16H19NO3S. The quantitative estimate of drug-likeness (QED) is 0.862. The van der Waals surface area contributed by atoms with E-state index in [-0.39, 0.29) is 11.5 Å². The Morgan fingerprint density at radius 2 is 1.71 bits per heavy atom. The van der Waals surface area contributed by atoms with Gasteiger partial charge in [0, 0.05) is 0 Å². The molecule has 2 aromatic rings. The van der Waals surface area contributed by atoms with Gasteiger partial charge >= 0.3 is 0 Å². The fraction of sp³-hybridized carbons (Fsp3) is 0.250. The highest BCUT2D eigenvalue weighted by molar-refractivity contribution is 7.89. The number of hydrogen-bond donors (Lipinski definition) is 1. The van der Waals surface area contributed by atoms with Crippen LogP contribution >= 0.6 is 0 Å². The van der Waals surface area contributed by atoms with Gasteiger partial charge in [-0.1, -0.05) is 35.9 Å². The minimum Gasteiger partial charge on any atom is -0.495 e. The first kappa shape index (κ1) is 15.4. The van der Waals surface area contributed by atoms with Gasteiger partial charge < -0.3 is 10.5 Å². The highest BCUT2D eigenvalue weighted by Crippen LogP contribution is 2.23. The van der Waals surface area contributed by atoms with Crippen molar-refractivity contribution in [3.8, 4) is 5.75 Å². The molecule has 4 nitrogen and oxygen atoms in total. The first-order valence-electron chi connectivity index (χ1n) is 6.58. The summed E-state index contributed by atoms with van der Waals surface area (Å²) in [7, 11) is -1.71. The van der Waals surface area contributed by atoms with E-state index in [0.29, 0.717) is 17.0 Å². The Hall–Kier alpha value is -2.01. The number of nitrogen functional groups attached to an aromatic ring is 1. The number of sulfone groups is 1. The van der Waals surface area contributed by atoms with E-state index < -0.39 is 9.84 Å². The lowest BCUT2D eigenvalue weighted by Crippen LogP contribution is -2.08. The third-order valence-corrected chi connectivity index (χ3v) is 4.70. The third kappa shape index (κ3) is 4.23. The Morgan fingerprint density at radius 3 is 2.29 bits per heavy atom. The molecule has 2 N–H and O–H groups in total. The first-order valence-corrected chi connectivity index (χ1v) is 8.40. The number of methoxy groups -OCH3 is 1. The fourth-order valence-electron chi connectivity index (χ4n) is 2.23. The number of rotatable bonds is 5.